The molecule has 0 aliphatic carbocycles. The summed E-state index contributed by atoms with van der Waals surface area (Å²) in [6.07, 6.45) is 2.97. The van der Waals surface area contributed by atoms with Crippen LogP contribution >= 0.6 is 11.8 Å². The molecule has 1 aromatic heterocycles. The van der Waals surface area contributed by atoms with Crippen LogP contribution in [0.15, 0.2) is 46.7 Å². The van der Waals surface area contributed by atoms with E-state index in [2.05, 4.69) is 10.3 Å². The number of benzene rings is 1. The molecule has 2 heterocycles. The Bertz CT molecular complexity index is 776. The molecule has 1 aliphatic rings. The lowest BCUT2D eigenvalue weighted by atomic mass is 10.2. The Morgan fingerprint density at radius 2 is 2.14 bits per heavy atom. The first-order valence-corrected chi connectivity index (χ1v) is 7.74. The van der Waals surface area contributed by atoms with E-state index in [9.17, 15) is 13.6 Å². The molecule has 0 bridgehead atoms. The second-order valence-corrected chi connectivity index (χ2v) is 5.74. The van der Waals surface area contributed by atoms with Crippen LogP contribution in [0.3, 0.4) is 0 Å². The highest BCUT2D eigenvalue weighted by atomic mass is 32.2. The van der Waals surface area contributed by atoms with E-state index in [0.717, 1.165) is 6.20 Å². The van der Waals surface area contributed by atoms with Crippen molar-refractivity contribution in [2.24, 2.45) is 0 Å². The van der Waals surface area contributed by atoms with Crippen molar-refractivity contribution in [2.45, 2.75) is 12.6 Å². The average molecular weight is 321 g/mol. The summed E-state index contributed by atoms with van der Waals surface area (Å²) in [6, 6.07) is 5.99. The van der Waals surface area contributed by atoms with Gasteiger partial charge in [-0.05, 0) is 11.5 Å². The number of nitrogens with one attached hydrogen (secondary N) is 1. The second kappa shape index (κ2) is 6.31. The predicted molar refractivity (Wildman–Crippen MR) is 82.8 cm³/mol. The van der Waals surface area contributed by atoms with Crippen LogP contribution in [0.4, 0.5) is 14.6 Å². The molecule has 0 amide bonds. The van der Waals surface area contributed by atoms with Gasteiger partial charge in [-0.15, -0.1) is 11.8 Å². The molecule has 7 heteroatoms. The number of hydrogen-bond donors (Lipinski definition) is 1. The number of nitrogens with zero attached hydrogens (tertiary/aromatic N) is 2. The highest BCUT2D eigenvalue weighted by Gasteiger charge is 2.17. The van der Waals surface area contributed by atoms with Gasteiger partial charge in [0.05, 0.1) is 6.04 Å². The molecule has 22 heavy (non-hydrogen) atoms. The molecular formula is C15H13F2N3OS. The van der Waals surface area contributed by atoms with E-state index in [0.29, 0.717) is 11.3 Å². The number of thioether (sulfide) groups is 1. The van der Waals surface area contributed by atoms with Crippen LogP contribution in [-0.2, 0) is 6.54 Å². The van der Waals surface area contributed by atoms with Crippen LogP contribution in [-0.4, -0.2) is 15.3 Å². The van der Waals surface area contributed by atoms with Crippen molar-refractivity contribution in [1.29, 1.82) is 0 Å². The summed E-state index contributed by atoms with van der Waals surface area (Å²) in [7, 11) is 0. The number of aromatic nitrogens is 2. The molecule has 0 fully saturated rings. The first-order valence-electron chi connectivity index (χ1n) is 6.69. The van der Waals surface area contributed by atoms with Gasteiger partial charge in [0.15, 0.2) is 11.6 Å². The van der Waals surface area contributed by atoms with Gasteiger partial charge in [0, 0.05) is 24.1 Å². The number of hydrogen-bond acceptors (Lipinski definition) is 4. The Morgan fingerprint density at radius 3 is 2.86 bits per heavy atom. The minimum atomic E-state index is -0.638. The topological polar surface area (TPSA) is 46.9 Å². The molecule has 0 saturated heterocycles. The standard InChI is InChI=1S/C15H13F2N3OS/c16-12-4-2-1-3-10(12)7-18-14-13(17)8-20(15(21)19-14)11-5-6-22-9-11/h1-6,8,11H,7,9H2,(H,18,19,21). The third-order valence-corrected chi connectivity index (χ3v) is 4.22. The largest absolute Gasteiger partial charge is 0.363 e. The minimum absolute atomic E-state index is 0.0548. The van der Waals surface area contributed by atoms with Crippen LogP contribution in [0.5, 0.6) is 0 Å². The fourth-order valence-corrected chi connectivity index (χ4v) is 3.03. The molecule has 1 N–H and O–H groups in total. The van der Waals surface area contributed by atoms with Crippen LogP contribution in [0.2, 0.25) is 0 Å². The molecule has 3 rings (SSSR count). The first-order chi connectivity index (χ1) is 10.6. The molecule has 114 valence electrons. The smallest absolute Gasteiger partial charge is 0.350 e. The van der Waals surface area contributed by atoms with E-state index in [1.165, 1.54) is 10.6 Å². The van der Waals surface area contributed by atoms with E-state index >= 15 is 0 Å². The lowest BCUT2D eigenvalue weighted by Gasteiger charge is -2.13. The second-order valence-electron chi connectivity index (χ2n) is 4.80. The van der Waals surface area contributed by atoms with Crippen LogP contribution in [0.1, 0.15) is 11.6 Å². The quantitative estimate of drug-likeness (QED) is 0.940. The summed E-state index contributed by atoms with van der Waals surface area (Å²) in [5.74, 6) is -0.513. The third-order valence-electron chi connectivity index (χ3n) is 3.33. The van der Waals surface area contributed by atoms with E-state index in [-0.39, 0.29) is 18.4 Å². The van der Waals surface area contributed by atoms with Gasteiger partial charge in [-0.25, -0.2) is 13.6 Å². The van der Waals surface area contributed by atoms with Gasteiger partial charge < -0.3 is 5.32 Å². The van der Waals surface area contributed by atoms with Crippen molar-refractivity contribution in [3.05, 3.63) is 69.6 Å². The molecule has 0 saturated carbocycles. The van der Waals surface area contributed by atoms with Gasteiger partial charge in [0.2, 0.25) is 0 Å². The molecule has 2 aromatic rings. The summed E-state index contributed by atoms with van der Waals surface area (Å²) < 4.78 is 28.9. The normalized spacial score (nSPS) is 16.9. The Morgan fingerprint density at radius 1 is 1.32 bits per heavy atom. The van der Waals surface area contributed by atoms with E-state index in [1.807, 2.05) is 11.5 Å². The minimum Gasteiger partial charge on any atom is -0.363 e. The van der Waals surface area contributed by atoms with Gasteiger partial charge >= 0.3 is 5.69 Å². The SMILES string of the molecule is O=c1nc(NCc2ccccc2F)c(F)cn1C1C=CSC1. The fraction of sp³-hybridized carbons (Fsp3) is 0.200. The zero-order valence-corrected chi connectivity index (χ0v) is 12.3. The fourth-order valence-electron chi connectivity index (χ4n) is 2.16. The van der Waals surface area contributed by atoms with Gasteiger partial charge in [0.1, 0.15) is 5.82 Å². The predicted octanol–water partition coefficient (Wildman–Crippen LogP) is 2.94. The van der Waals surface area contributed by atoms with Gasteiger partial charge in [-0.1, -0.05) is 24.3 Å². The van der Waals surface area contributed by atoms with Crippen molar-refractivity contribution in [2.75, 3.05) is 11.1 Å². The monoisotopic (exact) mass is 321 g/mol. The Hall–Kier alpha value is -2.15. The average Bonchev–Trinajstić information content (AvgIpc) is 3.03. The number of rotatable bonds is 4. The lowest BCUT2D eigenvalue weighted by molar-refractivity contribution is 0.555. The Labute approximate surface area is 129 Å². The molecule has 1 aromatic carbocycles. The maximum atomic E-state index is 14.1. The summed E-state index contributed by atoms with van der Waals surface area (Å²) in [5.41, 5.74) is -0.155. The van der Waals surface area contributed by atoms with Crippen molar-refractivity contribution in [3.63, 3.8) is 0 Å². The van der Waals surface area contributed by atoms with E-state index < -0.39 is 17.3 Å². The van der Waals surface area contributed by atoms with Gasteiger partial charge in [-0.2, -0.15) is 4.98 Å². The van der Waals surface area contributed by atoms with Crippen molar-refractivity contribution < 1.29 is 8.78 Å². The van der Waals surface area contributed by atoms with Crippen molar-refractivity contribution >= 4 is 17.6 Å². The van der Waals surface area contributed by atoms with Crippen LogP contribution in [0, 0.1) is 11.6 Å². The molecule has 0 spiro atoms. The molecule has 4 nitrogen and oxygen atoms in total. The molecule has 1 aliphatic heterocycles. The highest BCUT2D eigenvalue weighted by Crippen LogP contribution is 2.24. The third kappa shape index (κ3) is 3.04. The summed E-state index contributed by atoms with van der Waals surface area (Å²) in [5, 5.41) is 4.54. The maximum absolute atomic E-state index is 14.1. The number of allylic oxidation sites excluding steroid dienone is 1. The van der Waals surface area contributed by atoms with Crippen LogP contribution in [0.25, 0.3) is 0 Å². The molecular weight excluding hydrogens is 308 g/mol. The number of anilines is 1. The maximum Gasteiger partial charge on any atom is 0.350 e. The summed E-state index contributed by atoms with van der Waals surface area (Å²) >= 11 is 1.56. The summed E-state index contributed by atoms with van der Waals surface area (Å²) in [6.45, 7) is 0.0548. The van der Waals surface area contributed by atoms with Gasteiger partial charge in [-0.3, -0.25) is 4.57 Å². The summed E-state index contributed by atoms with van der Waals surface area (Å²) in [4.78, 5) is 15.7. The highest BCUT2D eigenvalue weighted by molar-refractivity contribution is 8.02. The molecule has 0 radical (unpaired) electrons. The Kier molecular flexibility index (Phi) is 4.24. The zero-order chi connectivity index (χ0) is 15.5. The molecule has 1 atom stereocenters. The number of halogens is 2. The van der Waals surface area contributed by atoms with Crippen molar-refractivity contribution in [1.82, 2.24) is 9.55 Å². The lowest BCUT2D eigenvalue weighted by Crippen LogP contribution is -2.28. The Balaban J connectivity index is 1.80. The van der Waals surface area contributed by atoms with E-state index in [1.54, 1.807) is 30.0 Å². The van der Waals surface area contributed by atoms with E-state index in [4.69, 9.17) is 0 Å². The van der Waals surface area contributed by atoms with Crippen molar-refractivity contribution in [3.8, 4) is 0 Å². The van der Waals surface area contributed by atoms with Gasteiger partial charge in [0.25, 0.3) is 0 Å². The first kappa shape index (κ1) is 14.8. The van der Waals surface area contributed by atoms with Crippen LogP contribution < -0.4 is 11.0 Å². The molecule has 1 unspecified atom stereocenters. The zero-order valence-electron chi connectivity index (χ0n) is 11.5.